The smallest absolute Gasteiger partial charge is 0.306 e. The zero-order valence-corrected chi connectivity index (χ0v) is 71.7. The second kappa shape index (κ2) is 88.6. The minimum atomic E-state index is -0.829. The van der Waals surface area contributed by atoms with Crippen molar-refractivity contribution in [2.24, 2.45) is 0 Å². The van der Waals surface area contributed by atoms with Crippen LogP contribution in [0.25, 0.3) is 0 Å². The van der Waals surface area contributed by atoms with Gasteiger partial charge in [0.05, 0.1) is 0 Å². The molecule has 0 aromatic rings. The predicted octanol–water partition coefficient (Wildman–Crippen LogP) is 29.6. The largest absolute Gasteiger partial charge is 0.462 e. The van der Waals surface area contributed by atoms with E-state index >= 15 is 0 Å². The summed E-state index contributed by atoms with van der Waals surface area (Å²) in [6.45, 7) is 8.61. The lowest BCUT2D eigenvalue weighted by molar-refractivity contribution is -0.167. The van der Waals surface area contributed by atoms with Gasteiger partial charge >= 0.3 is 35.8 Å². The Bertz CT molecular complexity index is 1930. The Kier molecular flexibility index (Phi) is 85.4. The van der Waals surface area contributed by atoms with Crippen LogP contribution in [0.4, 0.5) is 0 Å². The highest BCUT2D eigenvalue weighted by Crippen LogP contribution is 2.20. The van der Waals surface area contributed by atoms with Gasteiger partial charge in [0.2, 0.25) is 0 Å². The lowest BCUT2D eigenvalue weighted by Gasteiger charge is -2.18. The Morgan fingerprint density at radius 3 is 0.463 bits per heavy atom. The molecule has 0 aliphatic rings. The number of hydrogen-bond acceptors (Lipinski definition) is 12. The molecule has 0 atom stereocenters. The van der Waals surface area contributed by atoms with Crippen LogP contribution < -0.4 is 0 Å². The van der Waals surface area contributed by atoms with Crippen LogP contribution >= 0.6 is 0 Å². The predicted molar refractivity (Wildman–Crippen MR) is 455 cm³/mol. The molecule has 0 saturated carbocycles. The van der Waals surface area contributed by atoms with Crippen LogP contribution in [0.15, 0.2) is 36.5 Å². The molecule has 0 unspecified atom stereocenters. The van der Waals surface area contributed by atoms with Gasteiger partial charge in [-0.25, -0.2) is 0 Å². The van der Waals surface area contributed by atoms with E-state index in [9.17, 15) is 28.8 Å². The molecular formula is C96H176O12. The van der Waals surface area contributed by atoms with Gasteiger partial charge in [-0.05, 0) is 116 Å². The number of allylic oxidation sites excluding steroid dienone is 6. The third kappa shape index (κ3) is 84.5. The third-order valence-corrected chi connectivity index (χ3v) is 21.2. The summed E-state index contributed by atoms with van der Waals surface area (Å²) in [6, 6.07) is 0. The summed E-state index contributed by atoms with van der Waals surface area (Å²) in [5, 5.41) is 0. The average Bonchev–Trinajstić information content (AvgIpc) is 0.954. The third-order valence-electron chi connectivity index (χ3n) is 21.2. The van der Waals surface area contributed by atoms with Crippen molar-refractivity contribution in [3.8, 4) is 0 Å². The quantitative estimate of drug-likeness (QED) is 0.0246. The Morgan fingerprint density at radius 2 is 0.306 bits per heavy atom. The molecule has 12 heteroatoms. The molecule has 0 amide bonds. The molecule has 0 bridgehead atoms. The van der Waals surface area contributed by atoms with Crippen molar-refractivity contribution in [2.75, 3.05) is 26.4 Å². The van der Waals surface area contributed by atoms with E-state index in [-0.39, 0.29) is 75.1 Å². The highest BCUT2D eigenvalue weighted by atomic mass is 16.6. The fourth-order valence-electron chi connectivity index (χ4n) is 14.1. The van der Waals surface area contributed by atoms with Crippen molar-refractivity contribution in [3.63, 3.8) is 0 Å². The van der Waals surface area contributed by atoms with Gasteiger partial charge in [0.1, 0.15) is 26.4 Å². The molecule has 0 N–H and O–H groups in total. The van der Waals surface area contributed by atoms with E-state index in [1.165, 1.54) is 257 Å². The lowest BCUT2D eigenvalue weighted by Crippen LogP contribution is -2.30. The first-order valence-corrected chi connectivity index (χ1v) is 47.1. The molecule has 0 fully saturated rings. The lowest BCUT2D eigenvalue weighted by atomic mass is 10.0. The summed E-state index contributed by atoms with van der Waals surface area (Å²) >= 11 is 0. The number of unbranched alkanes of at least 4 members (excludes halogenated alkanes) is 60. The molecular weight excluding hydrogens is 1350 g/mol. The van der Waals surface area contributed by atoms with Gasteiger partial charge in [-0.15, -0.1) is 0 Å². The first kappa shape index (κ1) is 104. The van der Waals surface area contributed by atoms with E-state index in [4.69, 9.17) is 28.4 Å². The van der Waals surface area contributed by atoms with Crippen molar-refractivity contribution >= 4 is 35.8 Å². The van der Waals surface area contributed by atoms with Crippen molar-refractivity contribution < 1.29 is 57.2 Å². The van der Waals surface area contributed by atoms with E-state index in [1.807, 2.05) is 0 Å². The maximum atomic E-state index is 13.1. The summed E-state index contributed by atoms with van der Waals surface area (Å²) in [5.41, 5.74) is 0. The molecule has 0 aliphatic carbocycles. The number of carbonyl (C=O) groups is 6. The fraction of sp³-hybridized carbons (Fsp3) is 0.875. The Balaban J connectivity index is 4.73. The maximum Gasteiger partial charge on any atom is 0.306 e. The van der Waals surface area contributed by atoms with Crippen LogP contribution in [0.5, 0.6) is 0 Å². The van der Waals surface area contributed by atoms with Gasteiger partial charge in [-0.3, -0.25) is 28.8 Å². The SMILES string of the molecule is CCCCCCCC/C=C\CCCCCCCC(=O)OCC(COC(=O)CCCCCCC/C=C\CCCCCCCC)OC(=O)CCCCCCC/C=C/CCCCCCCC(=O)OC(COC(=O)CCCCCCCCCCCCCCCCC)COC(=O)CCCCCCCCCCCCCCCCC. The highest BCUT2D eigenvalue weighted by Gasteiger charge is 2.22. The normalized spacial score (nSPS) is 11.7. The zero-order chi connectivity index (χ0) is 78.3. The van der Waals surface area contributed by atoms with Crippen LogP contribution in [-0.4, -0.2) is 74.5 Å². The number of carbonyl (C=O) groups excluding carboxylic acids is 6. The molecule has 12 nitrogen and oxygen atoms in total. The second-order valence-electron chi connectivity index (χ2n) is 32.1. The topological polar surface area (TPSA) is 158 Å². The Labute approximate surface area is 667 Å². The Hall–Kier alpha value is -3.96. The van der Waals surface area contributed by atoms with Crippen molar-refractivity contribution in [1.29, 1.82) is 0 Å². The fourth-order valence-corrected chi connectivity index (χ4v) is 14.1. The molecule has 0 aliphatic heterocycles. The van der Waals surface area contributed by atoms with Crippen molar-refractivity contribution in [1.82, 2.24) is 0 Å². The average molecular weight is 1520 g/mol. The van der Waals surface area contributed by atoms with E-state index in [1.54, 1.807) is 0 Å². The summed E-state index contributed by atoms with van der Waals surface area (Å²) in [5.74, 6) is -1.93. The maximum absolute atomic E-state index is 13.1. The first-order chi connectivity index (χ1) is 53.1. The number of hydrogen-bond donors (Lipinski definition) is 0. The zero-order valence-electron chi connectivity index (χ0n) is 71.7. The van der Waals surface area contributed by atoms with Crippen LogP contribution in [0.3, 0.4) is 0 Å². The van der Waals surface area contributed by atoms with Gasteiger partial charge in [0.15, 0.2) is 12.2 Å². The second-order valence-corrected chi connectivity index (χ2v) is 32.1. The van der Waals surface area contributed by atoms with Crippen molar-refractivity contribution in [2.45, 2.75) is 515 Å². The Morgan fingerprint density at radius 1 is 0.176 bits per heavy atom. The summed E-state index contributed by atoms with van der Waals surface area (Å²) in [7, 11) is 0. The minimum absolute atomic E-state index is 0.106. The van der Waals surface area contributed by atoms with E-state index < -0.39 is 12.2 Å². The monoisotopic (exact) mass is 1520 g/mol. The van der Waals surface area contributed by atoms with Gasteiger partial charge in [0.25, 0.3) is 0 Å². The highest BCUT2D eigenvalue weighted by molar-refractivity contribution is 5.72. The van der Waals surface area contributed by atoms with Crippen molar-refractivity contribution in [3.05, 3.63) is 36.5 Å². The van der Waals surface area contributed by atoms with Gasteiger partial charge in [-0.1, -0.05) is 385 Å². The number of esters is 6. The van der Waals surface area contributed by atoms with E-state index in [0.29, 0.717) is 38.5 Å². The molecule has 632 valence electrons. The van der Waals surface area contributed by atoms with Crippen LogP contribution in [0, 0.1) is 0 Å². The summed E-state index contributed by atoms with van der Waals surface area (Å²) in [4.78, 5) is 77.4. The van der Waals surface area contributed by atoms with Crippen LogP contribution in [0.1, 0.15) is 503 Å². The molecule has 0 saturated heterocycles. The molecule has 108 heavy (non-hydrogen) atoms. The van der Waals surface area contributed by atoms with Gasteiger partial charge < -0.3 is 28.4 Å². The van der Waals surface area contributed by atoms with E-state index in [2.05, 4.69) is 64.2 Å². The minimum Gasteiger partial charge on any atom is -0.462 e. The van der Waals surface area contributed by atoms with Crippen LogP contribution in [0.2, 0.25) is 0 Å². The number of ether oxygens (including phenoxy) is 6. The number of rotatable bonds is 88. The molecule has 0 rings (SSSR count). The first-order valence-electron chi connectivity index (χ1n) is 47.1. The van der Waals surface area contributed by atoms with E-state index in [0.717, 1.165) is 167 Å². The molecule has 0 aromatic carbocycles. The summed E-state index contributed by atoms with van der Waals surface area (Å²) in [6.07, 6.45) is 94.6. The molecule has 0 spiro atoms. The standard InChI is InChI=1S/C96H176O12/c1-5-9-13-17-21-25-29-33-37-43-49-55-61-67-73-79-91(97)103-85-89(86-104-92(98)80-74-68-62-56-50-44-38-34-30-26-22-18-14-10-6-2)107-95(101)83-77-71-65-59-53-47-41-42-48-54-60-66-72-78-84-96(102)108-90(87-105-93(99)81-75-69-63-57-51-45-39-35-31-27-23-19-15-11-7-3)88-106-94(100)82-76-70-64-58-52-46-40-36-32-28-24-20-16-12-8-4/h33-34,37-38,41-42,89-90H,5-32,35-36,39-40,43-88H2,1-4H3/b37-33-,38-34-,42-41+. The molecule has 0 aromatic heterocycles. The summed E-state index contributed by atoms with van der Waals surface area (Å²) < 4.78 is 34.0. The molecule has 0 radical (unpaired) electrons. The van der Waals surface area contributed by atoms with Crippen LogP contribution in [-0.2, 0) is 57.2 Å². The van der Waals surface area contributed by atoms with Gasteiger partial charge in [0, 0.05) is 38.5 Å². The van der Waals surface area contributed by atoms with Gasteiger partial charge in [-0.2, -0.15) is 0 Å². The molecule has 0 heterocycles.